The molecule has 0 aromatic heterocycles. The predicted octanol–water partition coefficient (Wildman–Crippen LogP) is 0.932. The van der Waals surface area contributed by atoms with Crippen LogP contribution in [0.2, 0.25) is 0 Å². The fraction of sp³-hybridized carbons (Fsp3) is 0.636. The number of amides is 1. The Hall–Kier alpha value is -1.32. The average molecular weight is 209 g/mol. The van der Waals surface area contributed by atoms with E-state index >= 15 is 0 Å². The highest BCUT2D eigenvalue weighted by molar-refractivity contribution is 5.94. The molecular formula is C11H15NO3. The van der Waals surface area contributed by atoms with Crippen molar-refractivity contribution in [2.24, 2.45) is 11.8 Å². The standard InChI is InChI=1S/C11H15NO3/c13-10(3-4-11(14)15)12-9-6-7-1-2-8(9)5-7/h3-4,7-9H,1-2,5-6H2,(H,12,13)(H,14,15). The van der Waals surface area contributed by atoms with E-state index in [1.165, 1.54) is 19.3 Å². The molecule has 2 N–H and O–H groups in total. The van der Waals surface area contributed by atoms with Crippen LogP contribution >= 0.6 is 0 Å². The van der Waals surface area contributed by atoms with Crippen LogP contribution in [0.3, 0.4) is 0 Å². The predicted molar refractivity (Wildman–Crippen MR) is 54.2 cm³/mol. The molecule has 0 aromatic rings. The maximum atomic E-state index is 11.3. The lowest BCUT2D eigenvalue weighted by Gasteiger charge is -2.21. The van der Waals surface area contributed by atoms with Crippen LogP contribution in [0.15, 0.2) is 12.2 Å². The maximum Gasteiger partial charge on any atom is 0.328 e. The second kappa shape index (κ2) is 4.04. The van der Waals surface area contributed by atoms with Gasteiger partial charge >= 0.3 is 5.97 Å². The van der Waals surface area contributed by atoms with E-state index in [9.17, 15) is 9.59 Å². The third-order valence-corrected chi connectivity index (χ3v) is 3.44. The summed E-state index contributed by atoms with van der Waals surface area (Å²) in [4.78, 5) is 21.5. The number of hydrogen-bond donors (Lipinski definition) is 2. The lowest BCUT2D eigenvalue weighted by atomic mass is 9.95. The quantitative estimate of drug-likeness (QED) is 0.679. The molecular weight excluding hydrogens is 194 g/mol. The van der Waals surface area contributed by atoms with Crippen molar-refractivity contribution >= 4 is 11.9 Å². The minimum atomic E-state index is -1.09. The first kappa shape index (κ1) is 10.2. The lowest BCUT2D eigenvalue weighted by Crippen LogP contribution is -2.37. The molecule has 2 fully saturated rings. The first-order valence-electron chi connectivity index (χ1n) is 5.36. The van der Waals surface area contributed by atoms with Gasteiger partial charge in [0.15, 0.2) is 0 Å². The van der Waals surface area contributed by atoms with Crippen LogP contribution < -0.4 is 5.32 Å². The van der Waals surface area contributed by atoms with Crippen LogP contribution in [0.1, 0.15) is 25.7 Å². The molecule has 2 bridgehead atoms. The molecule has 4 nitrogen and oxygen atoms in total. The number of hydrogen-bond acceptors (Lipinski definition) is 2. The van der Waals surface area contributed by atoms with Gasteiger partial charge < -0.3 is 10.4 Å². The zero-order valence-electron chi connectivity index (χ0n) is 8.48. The van der Waals surface area contributed by atoms with Crippen molar-refractivity contribution in [3.05, 3.63) is 12.2 Å². The van der Waals surface area contributed by atoms with E-state index < -0.39 is 5.97 Å². The van der Waals surface area contributed by atoms with Gasteiger partial charge in [-0.1, -0.05) is 6.42 Å². The summed E-state index contributed by atoms with van der Waals surface area (Å²) in [5.74, 6) is 0.0361. The van der Waals surface area contributed by atoms with E-state index in [0.717, 1.165) is 24.5 Å². The van der Waals surface area contributed by atoms with Gasteiger partial charge in [0.2, 0.25) is 5.91 Å². The first-order chi connectivity index (χ1) is 7.15. The number of nitrogens with one attached hydrogen (secondary N) is 1. The lowest BCUT2D eigenvalue weighted by molar-refractivity contribution is -0.131. The molecule has 2 aliphatic rings. The Morgan fingerprint density at radius 3 is 2.53 bits per heavy atom. The summed E-state index contributed by atoms with van der Waals surface area (Å²) in [6, 6.07) is 0.273. The molecule has 0 aliphatic heterocycles. The Morgan fingerprint density at radius 2 is 2.00 bits per heavy atom. The van der Waals surface area contributed by atoms with Gasteiger partial charge in [0.25, 0.3) is 0 Å². The van der Waals surface area contributed by atoms with E-state index in [1.807, 2.05) is 0 Å². The molecule has 2 aliphatic carbocycles. The van der Waals surface area contributed by atoms with Crippen molar-refractivity contribution in [3.63, 3.8) is 0 Å². The SMILES string of the molecule is O=C(O)C=CC(=O)NC1CC2CCC1C2. The fourth-order valence-electron chi connectivity index (χ4n) is 2.80. The third kappa shape index (κ3) is 2.37. The van der Waals surface area contributed by atoms with Crippen LogP contribution in [0, 0.1) is 11.8 Å². The van der Waals surface area contributed by atoms with Gasteiger partial charge in [0, 0.05) is 18.2 Å². The van der Waals surface area contributed by atoms with E-state index in [4.69, 9.17) is 5.11 Å². The zero-order valence-corrected chi connectivity index (χ0v) is 8.48. The maximum absolute atomic E-state index is 11.3. The molecule has 0 heterocycles. The van der Waals surface area contributed by atoms with Crippen LogP contribution in [0.4, 0.5) is 0 Å². The molecule has 0 saturated heterocycles. The van der Waals surface area contributed by atoms with Gasteiger partial charge in [-0.25, -0.2) is 4.79 Å². The highest BCUT2D eigenvalue weighted by Crippen LogP contribution is 2.44. The van der Waals surface area contributed by atoms with Crippen molar-refractivity contribution in [2.45, 2.75) is 31.7 Å². The fourth-order valence-corrected chi connectivity index (χ4v) is 2.80. The molecule has 1 amide bonds. The highest BCUT2D eigenvalue weighted by Gasteiger charge is 2.39. The molecule has 0 radical (unpaired) electrons. The number of aliphatic carboxylic acids is 1. The Bertz CT molecular complexity index is 311. The Labute approximate surface area is 88.4 Å². The Morgan fingerprint density at radius 1 is 1.20 bits per heavy atom. The molecule has 3 unspecified atom stereocenters. The minimum absolute atomic E-state index is 0.273. The topological polar surface area (TPSA) is 66.4 Å². The summed E-state index contributed by atoms with van der Waals surface area (Å²) in [6.07, 6.45) is 6.77. The normalized spacial score (nSPS) is 33.5. The van der Waals surface area contributed by atoms with E-state index in [2.05, 4.69) is 5.32 Å². The number of rotatable bonds is 3. The molecule has 82 valence electrons. The second-order valence-electron chi connectivity index (χ2n) is 4.46. The van der Waals surface area contributed by atoms with E-state index in [-0.39, 0.29) is 11.9 Å². The summed E-state index contributed by atoms with van der Waals surface area (Å²) in [5.41, 5.74) is 0. The summed E-state index contributed by atoms with van der Waals surface area (Å²) < 4.78 is 0. The smallest absolute Gasteiger partial charge is 0.328 e. The molecule has 3 atom stereocenters. The van der Waals surface area contributed by atoms with Gasteiger partial charge in [0.05, 0.1) is 0 Å². The molecule has 2 rings (SSSR count). The monoisotopic (exact) mass is 209 g/mol. The van der Waals surface area contributed by atoms with Crippen molar-refractivity contribution in [1.82, 2.24) is 5.32 Å². The van der Waals surface area contributed by atoms with Crippen LogP contribution in [-0.4, -0.2) is 23.0 Å². The summed E-state index contributed by atoms with van der Waals surface area (Å²) >= 11 is 0. The first-order valence-corrected chi connectivity index (χ1v) is 5.36. The van der Waals surface area contributed by atoms with Gasteiger partial charge in [-0.2, -0.15) is 0 Å². The second-order valence-corrected chi connectivity index (χ2v) is 4.46. The Kier molecular flexibility index (Phi) is 2.75. The Balaban J connectivity index is 1.82. The number of carboxylic acid groups (broad SMARTS) is 1. The van der Waals surface area contributed by atoms with E-state index in [0.29, 0.717) is 5.92 Å². The molecule has 0 aromatic carbocycles. The van der Waals surface area contributed by atoms with Gasteiger partial charge in [-0.05, 0) is 31.1 Å². The number of carboxylic acids is 1. The number of carbonyl (C=O) groups excluding carboxylic acids is 1. The molecule has 4 heteroatoms. The van der Waals surface area contributed by atoms with Gasteiger partial charge in [-0.3, -0.25) is 4.79 Å². The van der Waals surface area contributed by atoms with Crippen LogP contribution in [0.5, 0.6) is 0 Å². The summed E-state index contributed by atoms with van der Waals surface area (Å²) in [7, 11) is 0. The summed E-state index contributed by atoms with van der Waals surface area (Å²) in [6.45, 7) is 0. The van der Waals surface area contributed by atoms with Crippen molar-refractivity contribution in [2.75, 3.05) is 0 Å². The average Bonchev–Trinajstić information content (AvgIpc) is 2.76. The number of fused-ring (bicyclic) bond motifs is 2. The van der Waals surface area contributed by atoms with Gasteiger partial charge in [-0.15, -0.1) is 0 Å². The number of carbonyl (C=O) groups is 2. The van der Waals surface area contributed by atoms with Crippen LogP contribution in [-0.2, 0) is 9.59 Å². The van der Waals surface area contributed by atoms with Crippen molar-refractivity contribution < 1.29 is 14.7 Å². The third-order valence-electron chi connectivity index (χ3n) is 3.44. The molecule has 0 spiro atoms. The zero-order chi connectivity index (χ0) is 10.8. The van der Waals surface area contributed by atoms with Gasteiger partial charge in [0.1, 0.15) is 0 Å². The van der Waals surface area contributed by atoms with Crippen molar-refractivity contribution in [3.8, 4) is 0 Å². The molecule has 15 heavy (non-hydrogen) atoms. The van der Waals surface area contributed by atoms with E-state index in [1.54, 1.807) is 0 Å². The van der Waals surface area contributed by atoms with Crippen molar-refractivity contribution in [1.29, 1.82) is 0 Å². The largest absolute Gasteiger partial charge is 0.478 e. The molecule has 2 saturated carbocycles. The van der Waals surface area contributed by atoms with Crippen LogP contribution in [0.25, 0.3) is 0 Å². The minimum Gasteiger partial charge on any atom is -0.478 e. The summed E-state index contributed by atoms with van der Waals surface area (Å²) in [5, 5.41) is 11.2. The highest BCUT2D eigenvalue weighted by atomic mass is 16.4.